The molecule has 0 atom stereocenters. The number of carbonyl (C=O) groups excluding carboxylic acids is 1. The molecule has 0 radical (unpaired) electrons. The van der Waals surface area contributed by atoms with Gasteiger partial charge in [-0.3, -0.25) is 9.79 Å². The van der Waals surface area contributed by atoms with Crippen molar-refractivity contribution < 1.29 is 35.5 Å². The average molecular weight is 478 g/mol. The number of esters is 1. The highest BCUT2D eigenvalue weighted by Gasteiger charge is 2.32. The standard InChI is InChI=1S/C17H17F3N4O5S2/c1-30-9-28-14(25)8-22-12(7-13(21)17(18,19)20)16-24-23-15(29-16)10-4-3-5-11(6-10)31(2,26)27/h3-7H,8-9,21H2,1-2H3/b13-7-,22-12?. The van der Waals surface area contributed by atoms with Gasteiger partial charge in [0.1, 0.15) is 23.9 Å². The summed E-state index contributed by atoms with van der Waals surface area (Å²) in [5.41, 5.74) is 3.27. The SMILES string of the molecule is CSCOC(=O)CN=C(/C=C(\N)C(F)(F)F)c1nnc(-c2cccc(S(C)(=O)=O)c2)o1. The molecule has 2 rings (SSSR count). The van der Waals surface area contributed by atoms with Crippen molar-refractivity contribution in [3.63, 3.8) is 0 Å². The molecule has 0 aliphatic rings. The van der Waals surface area contributed by atoms with E-state index in [0.717, 1.165) is 6.26 Å². The third-order valence-electron chi connectivity index (χ3n) is 3.49. The van der Waals surface area contributed by atoms with Crippen LogP contribution in [0.5, 0.6) is 0 Å². The summed E-state index contributed by atoms with van der Waals surface area (Å²) in [6, 6.07) is 5.54. The maximum atomic E-state index is 12.9. The molecule has 2 aromatic rings. The van der Waals surface area contributed by atoms with Crippen molar-refractivity contribution in [1.82, 2.24) is 10.2 Å². The zero-order valence-electron chi connectivity index (χ0n) is 16.2. The number of carbonyl (C=O) groups is 1. The number of halogens is 3. The molecular formula is C17H17F3N4O5S2. The predicted octanol–water partition coefficient (Wildman–Crippen LogP) is 2.20. The number of rotatable bonds is 8. The summed E-state index contributed by atoms with van der Waals surface area (Å²) >= 11 is 1.22. The number of aromatic nitrogens is 2. The summed E-state index contributed by atoms with van der Waals surface area (Å²) in [6.45, 7) is -0.612. The van der Waals surface area contributed by atoms with Gasteiger partial charge in [0.05, 0.1) is 4.90 Å². The first-order valence-electron chi connectivity index (χ1n) is 8.29. The molecular weight excluding hydrogens is 461 g/mol. The zero-order chi connectivity index (χ0) is 23.2. The fourth-order valence-electron chi connectivity index (χ4n) is 2.03. The van der Waals surface area contributed by atoms with Crippen molar-refractivity contribution in [3.8, 4) is 11.5 Å². The lowest BCUT2D eigenvalue weighted by molar-refractivity contribution is -0.139. The van der Waals surface area contributed by atoms with Crippen molar-refractivity contribution in [2.24, 2.45) is 10.7 Å². The minimum Gasteiger partial charge on any atom is -0.453 e. The number of thioether (sulfide) groups is 1. The highest BCUT2D eigenvalue weighted by Crippen LogP contribution is 2.24. The molecule has 1 heterocycles. The van der Waals surface area contributed by atoms with E-state index in [-0.39, 0.29) is 22.3 Å². The normalized spacial score (nSPS) is 13.3. The second-order valence-corrected chi connectivity index (χ2v) is 8.76. The van der Waals surface area contributed by atoms with Gasteiger partial charge in [-0.1, -0.05) is 6.07 Å². The molecule has 0 saturated heterocycles. The highest BCUT2D eigenvalue weighted by atomic mass is 32.2. The zero-order valence-corrected chi connectivity index (χ0v) is 17.8. The summed E-state index contributed by atoms with van der Waals surface area (Å²) in [5, 5.41) is 7.35. The van der Waals surface area contributed by atoms with Gasteiger partial charge >= 0.3 is 12.1 Å². The first kappa shape index (κ1) is 24.4. The van der Waals surface area contributed by atoms with Gasteiger partial charge in [-0.05, 0) is 30.5 Å². The first-order valence-corrected chi connectivity index (χ1v) is 11.6. The Kier molecular flexibility index (Phi) is 7.84. The molecule has 1 aromatic carbocycles. The van der Waals surface area contributed by atoms with E-state index in [1.165, 1.54) is 36.0 Å². The molecule has 0 aliphatic heterocycles. The summed E-state index contributed by atoms with van der Waals surface area (Å²) in [7, 11) is -3.52. The van der Waals surface area contributed by atoms with Crippen LogP contribution in [0, 0.1) is 0 Å². The molecule has 2 N–H and O–H groups in total. The molecule has 0 spiro atoms. The van der Waals surface area contributed by atoms with Gasteiger partial charge in [-0.2, -0.15) is 13.2 Å². The van der Waals surface area contributed by atoms with Crippen LogP contribution in [0.3, 0.4) is 0 Å². The molecule has 31 heavy (non-hydrogen) atoms. The molecule has 1 aromatic heterocycles. The molecule has 0 saturated carbocycles. The van der Waals surface area contributed by atoms with Gasteiger partial charge in [0.2, 0.25) is 5.89 Å². The lowest BCUT2D eigenvalue weighted by Gasteiger charge is -2.06. The summed E-state index contributed by atoms with van der Waals surface area (Å²) < 4.78 is 72.1. The number of sulfone groups is 1. The molecule has 9 nitrogen and oxygen atoms in total. The Hall–Kier alpha value is -2.87. The monoisotopic (exact) mass is 478 g/mol. The quantitative estimate of drug-likeness (QED) is 0.344. The van der Waals surface area contributed by atoms with Gasteiger partial charge in [0.25, 0.3) is 5.89 Å². The maximum absolute atomic E-state index is 12.9. The lowest BCUT2D eigenvalue weighted by atomic mass is 10.2. The highest BCUT2D eigenvalue weighted by molar-refractivity contribution is 7.98. The fraction of sp³-hybridized carbons (Fsp3) is 0.294. The van der Waals surface area contributed by atoms with Crippen LogP contribution in [0.2, 0.25) is 0 Å². The van der Waals surface area contributed by atoms with Gasteiger partial charge in [-0.25, -0.2) is 8.42 Å². The van der Waals surface area contributed by atoms with Gasteiger partial charge in [0.15, 0.2) is 9.84 Å². The van der Waals surface area contributed by atoms with Gasteiger partial charge in [-0.15, -0.1) is 22.0 Å². The van der Waals surface area contributed by atoms with E-state index in [1.54, 1.807) is 6.26 Å². The molecule has 0 aliphatic carbocycles. The Balaban J connectivity index is 2.42. The van der Waals surface area contributed by atoms with Crippen LogP contribution in [0.15, 0.2) is 50.3 Å². The minimum atomic E-state index is -4.85. The Bertz CT molecular complexity index is 1110. The number of allylic oxidation sites excluding steroid dienone is 2. The van der Waals surface area contributed by atoms with Crippen molar-refractivity contribution in [2.45, 2.75) is 11.1 Å². The molecule has 0 fully saturated rings. The number of nitrogens with two attached hydrogens (primary N) is 1. The van der Waals surface area contributed by atoms with E-state index >= 15 is 0 Å². The Labute approximate surface area is 179 Å². The van der Waals surface area contributed by atoms with Crippen LogP contribution in [0.25, 0.3) is 11.5 Å². The smallest absolute Gasteiger partial charge is 0.430 e. The van der Waals surface area contributed by atoms with Crippen molar-refractivity contribution >= 4 is 33.3 Å². The Morgan fingerprint density at radius 1 is 1.35 bits per heavy atom. The number of ether oxygens (including phenoxy) is 1. The van der Waals surface area contributed by atoms with E-state index in [1.807, 2.05) is 0 Å². The van der Waals surface area contributed by atoms with Crippen LogP contribution in [-0.2, 0) is 19.4 Å². The summed E-state index contributed by atoms with van der Waals surface area (Å²) in [4.78, 5) is 15.4. The van der Waals surface area contributed by atoms with E-state index in [9.17, 15) is 26.4 Å². The first-order chi connectivity index (χ1) is 14.4. The topological polar surface area (TPSA) is 138 Å². The molecule has 168 valence electrons. The summed E-state index contributed by atoms with van der Waals surface area (Å²) in [6.07, 6.45) is -1.71. The van der Waals surface area contributed by atoms with Gasteiger partial charge in [0, 0.05) is 11.8 Å². The average Bonchev–Trinajstić information content (AvgIpc) is 3.18. The maximum Gasteiger partial charge on any atom is 0.430 e. The van der Waals surface area contributed by atoms with Gasteiger partial charge < -0.3 is 14.9 Å². The van der Waals surface area contributed by atoms with E-state index in [4.69, 9.17) is 14.9 Å². The lowest BCUT2D eigenvalue weighted by Crippen LogP contribution is -2.21. The van der Waals surface area contributed by atoms with Crippen LogP contribution in [0.1, 0.15) is 5.89 Å². The Morgan fingerprint density at radius 3 is 2.68 bits per heavy atom. The number of benzene rings is 1. The third kappa shape index (κ3) is 7.10. The van der Waals surface area contributed by atoms with Crippen LogP contribution in [0.4, 0.5) is 13.2 Å². The van der Waals surface area contributed by atoms with E-state index < -0.39 is 45.8 Å². The number of aliphatic imine (C=N–C) groups is 1. The van der Waals surface area contributed by atoms with E-state index in [0.29, 0.717) is 6.08 Å². The third-order valence-corrected chi connectivity index (χ3v) is 4.95. The number of hydrogen-bond acceptors (Lipinski definition) is 10. The number of nitrogens with zero attached hydrogens (tertiary/aromatic N) is 3. The molecule has 14 heteroatoms. The molecule has 0 bridgehead atoms. The van der Waals surface area contributed by atoms with Crippen molar-refractivity contribution in [3.05, 3.63) is 41.9 Å². The number of alkyl halides is 3. The summed E-state index contributed by atoms with van der Waals surface area (Å²) in [5.74, 6) is -1.36. The van der Waals surface area contributed by atoms with Crippen LogP contribution < -0.4 is 5.73 Å². The van der Waals surface area contributed by atoms with Crippen molar-refractivity contribution in [1.29, 1.82) is 0 Å². The molecule has 0 amide bonds. The predicted molar refractivity (Wildman–Crippen MR) is 107 cm³/mol. The minimum absolute atomic E-state index is 0.0172. The number of hydrogen-bond donors (Lipinski definition) is 1. The molecule has 0 unspecified atom stereocenters. The Morgan fingerprint density at radius 2 is 2.06 bits per heavy atom. The van der Waals surface area contributed by atoms with Crippen molar-refractivity contribution in [2.75, 3.05) is 25.0 Å². The second kappa shape index (κ2) is 9.96. The largest absolute Gasteiger partial charge is 0.453 e. The van der Waals surface area contributed by atoms with Crippen LogP contribution in [-0.4, -0.2) is 61.5 Å². The fourth-order valence-corrected chi connectivity index (χ4v) is 2.94. The second-order valence-electron chi connectivity index (χ2n) is 5.93. The van der Waals surface area contributed by atoms with Crippen LogP contribution >= 0.6 is 11.8 Å². The van der Waals surface area contributed by atoms with E-state index in [2.05, 4.69) is 15.2 Å².